The van der Waals surface area contributed by atoms with E-state index in [4.69, 9.17) is 15.9 Å². The molecular weight excluding hydrogens is 256 g/mol. The van der Waals surface area contributed by atoms with Gasteiger partial charge in [-0.2, -0.15) is 5.10 Å². The Morgan fingerprint density at radius 1 is 1.35 bits per heavy atom. The SMILES string of the molecule is N=C(N)c1ccnnc1N1CCC(N2CCOCC2)C1. The summed E-state index contributed by atoms with van der Waals surface area (Å²) in [6, 6.07) is 2.29. The number of aromatic nitrogens is 2. The highest BCUT2D eigenvalue weighted by atomic mass is 16.5. The number of hydrogen-bond donors (Lipinski definition) is 2. The zero-order chi connectivity index (χ0) is 13.9. The van der Waals surface area contributed by atoms with Gasteiger partial charge < -0.3 is 15.4 Å². The van der Waals surface area contributed by atoms with E-state index in [-0.39, 0.29) is 5.84 Å². The summed E-state index contributed by atoms with van der Waals surface area (Å²) in [6.07, 6.45) is 2.68. The molecule has 108 valence electrons. The Balaban J connectivity index is 1.72. The van der Waals surface area contributed by atoms with Crippen molar-refractivity contribution in [1.82, 2.24) is 15.1 Å². The van der Waals surface area contributed by atoms with Gasteiger partial charge in [-0.05, 0) is 12.5 Å². The lowest BCUT2D eigenvalue weighted by Gasteiger charge is -2.32. The van der Waals surface area contributed by atoms with Gasteiger partial charge in [0, 0.05) is 32.2 Å². The van der Waals surface area contributed by atoms with Crippen molar-refractivity contribution in [2.45, 2.75) is 12.5 Å². The minimum atomic E-state index is 0.0460. The van der Waals surface area contributed by atoms with E-state index >= 15 is 0 Å². The van der Waals surface area contributed by atoms with Gasteiger partial charge in [-0.3, -0.25) is 10.3 Å². The van der Waals surface area contributed by atoms with Crippen molar-refractivity contribution in [3.8, 4) is 0 Å². The summed E-state index contributed by atoms with van der Waals surface area (Å²) in [5.74, 6) is 0.778. The van der Waals surface area contributed by atoms with E-state index in [9.17, 15) is 0 Å². The number of nitrogen functional groups attached to an aromatic ring is 1. The zero-order valence-electron chi connectivity index (χ0n) is 11.5. The average Bonchev–Trinajstić information content (AvgIpc) is 2.98. The molecular formula is C13H20N6O. The minimum absolute atomic E-state index is 0.0460. The van der Waals surface area contributed by atoms with Crippen LogP contribution in [0.2, 0.25) is 0 Å². The molecule has 0 aromatic carbocycles. The van der Waals surface area contributed by atoms with E-state index < -0.39 is 0 Å². The maximum Gasteiger partial charge on any atom is 0.162 e. The third-order valence-corrected chi connectivity index (χ3v) is 4.02. The Bertz CT molecular complexity index is 488. The fourth-order valence-corrected chi connectivity index (χ4v) is 2.94. The summed E-state index contributed by atoms with van der Waals surface area (Å²) < 4.78 is 5.40. The molecule has 1 aromatic rings. The first-order valence-corrected chi connectivity index (χ1v) is 6.98. The largest absolute Gasteiger partial charge is 0.384 e. The highest BCUT2D eigenvalue weighted by Gasteiger charge is 2.30. The summed E-state index contributed by atoms with van der Waals surface area (Å²) in [6.45, 7) is 5.48. The van der Waals surface area contributed by atoms with E-state index in [1.807, 2.05) is 0 Å². The van der Waals surface area contributed by atoms with E-state index in [1.165, 1.54) is 0 Å². The molecule has 7 heteroatoms. The van der Waals surface area contributed by atoms with Crippen LogP contribution in [0.3, 0.4) is 0 Å². The monoisotopic (exact) mass is 276 g/mol. The van der Waals surface area contributed by atoms with E-state index in [2.05, 4.69) is 20.0 Å². The molecule has 1 aromatic heterocycles. The van der Waals surface area contributed by atoms with Crippen LogP contribution in [-0.2, 0) is 4.74 Å². The maximum absolute atomic E-state index is 7.64. The standard InChI is InChI=1S/C13H20N6O/c14-12(15)11-1-3-16-17-13(11)19-4-2-10(9-19)18-5-7-20-8-6-18/h1,3,10H,2,4-9H2,(H3,14,15). The Morgan fingerprint density at radius 3 is 2.90 bits per heavy atom. The number of nitrogens with two attached hydrogens (primary N) is 1. The smallest absolute Gasteiger partial charge is 0.162 e. The predicted molar refractivity (Wildman–Crippen MR) is 76.1 cm³/mol. The molecule has 2 aliphatic rings. The summed E-state index contributed by atoms with van der Waals surface area (Å²) in [5.41, 5.74) is 6.29. The van der Waals surface area contributed by atoms with Crippen LogP contribution >= 0.6 is 0 Å². The Morgan fingerprint density at radius 2 is 2.15 bits per heavy atom. The van der Waals surface area contributed by atoms with Gasteiger partial charge in [-0.1, -0.05) is 0 Å². The quantitative estimate of drug-likeness (QED) is 0.580. The van der Waals surface area contributed by atoms with Crippen molar-refractivity contribution >= 4 is 11.7 Å². The molecule has 0 amide bonds. The average molecular weight is 276 g/mol. The summed E-state index contributed by atoms with van der Waals surface area (Å²) in [4.78, 5) is 4.66. The first kappa shape index (κ1) is 13.3. The number of ether oxygens (including phenoxy) is 1. The van der Waals surface area contributed by atoms with Crippen LogP contribution in [0.4, 0.5) is 5.82 Å². The zero-order valence-corrected chi connectivity index (χ0v) is 11.5. The topological polar surface area (TPSA) is 91.4 Å². The van der Waals surface area contributed by atoms with Gasteiger partial charge in [0.05, 0.1) is 25.0 Å². The molecule has 20 heavy (non-hydrogen) atoms. The number of hydrogen-bond acceptors (Lipinski definition) is 6. The van der Waals surface area contributed by atoms with Gasteiger partial charge in [-0.15, -0.1) is 5.10 Å². The lowest BCUT2D eigenvalue weighted by atomic mass is 10.2. The first-order chi connectivity index (χ1) is 9.75. The maximum atomic E-state index is 7.64. The Kier molecular flexibility index (Phi) is 3.79. The summed E-state index contributed by atoms with van der Waals surface area (Å²) in [7, 11) is 0. The number of morpholine rings is 1. The molecule has 1 unspecified atom stereocenters. The lowest BCUT2D eigenvalue weighted by Crippen LogP contribution is -2.44. The molecule has 0 saturated carbocycles. The summed E-state index contributed by atoms with van der Waals surface area (Å²) >= 11 is 0. The van der Waals surface area contributed by atoms with Crippen molar-refractivity contribution in [2.24, 2.45) is 5.73 Å². The van der Waals surface area contributed by atoms with Crippen LogP contribution < -0.4 is 10.6 Å². The van der Waals surface area contributed by atoms with Crippen LogP contribution in [-0.4, -0.2) is 66.4 Å². The van der Waals surface area contributed by atoms with Crippen LogP contribution in [0.25, 0.3) is 0 Å². The van der Waals surface area contributed by atoms with E-state index in [1.54, 1.807) is 12.3 Å². The molecule has 2 fully saturated rings. The van der Waals surface area contributed by atoms with Crippen molar-refractivity contribution in [3.05, 3.63) is 17.8 Å². The second-order valence-electron chi connectivity index (χ2n) is 5.22. The molecule has 1 atom stereocenters. The number of nitrogens with one attached hydrogen (secondary N) is 1. The van der Waals surface area contributed by atoms with Crippen LogP contribution in [0.5, 0.6) is 0 Å². The number of amidine groups is 1. The molecule has 0 bridgehead atoms. The van der Waals surface area contributed by atoms with Gasteiger partial charge in [0.15, 0.2) is 5.82 Å². The first-order valence-electron chi connectivity index (χ1n) is 6.98. The van der Waals surface area contributed by atoms with Crippen LogP contribution in [0, 0.1) is 5.41 Å². The minimum Gasteiger partial charge on any atom is -0.384 e. The van der Waals surface area contributed by atoms with Crippen molar-refractivity contribution in [1.29, 1.82) is 5.41 Å². The van der Waals surface area contributed by atoms with Gasteiger partial charge in [0.1, 0.15) is 5.84 Å². The van der Waals surface area contributed by atoms with Crippen LogP contribution in [0.15, 0.2) is 12.3 Å². The predicted octanol–water partition coefficient (Wildman–Crippen LogP) is -0.328. The van der Waals surface area contributed by atoms with Crippen molar-refractivity contribution < 1.29 is 4.74 Å². The third-order valence-electron chi connectivity index (χ3n) is 4.02. The molecule has 3 N–H and O–H groups in total. The molecule has 2 saturated heterocycles. The molecule has 2 aliphatic heterocycles. The number of rotatable bonds is 3. The number of nitrogens with zero attached hydrogens (tertiary/aromatic N) is 4. The van der Waals surface area contributed by atoms with Gasteiger partial charge in [-0.25, -0.2) is 0 Å². The second kappa shape index (κ2) is 5.72. The van der Waals surface area contributed by atoms with Crippen molar-refractivity contribution in [3.63, 3.8) is 0 Å². The normalized spacial score (nSPS) is 24.0. The highest BCUT2D eigenvalue weighted by molar-refractivity contribution is 5.99. The van der Waals surface area contributed by atoms with Gasteiger partial charge in [0.2, 0.25) is 0 Å². The Hall–Kier alpha value is -1.73. The molecule has 0 aliphatic carbocycles. The number of anilines is 1. The second-order valence-corrected chi connectivity index (χ2v) is 5.22. The van der Waals surface area contributed by atoms with E-state index in [0.29, 0.717) is 11.6 Å². The van der Waals surface area contributed by atoms with E-state index in [0.717, 1.165) is 51.6 Å². The van der Waals surface area contributed by atoms with Crippen molar-refractivity contribution in [2.75, 3.05) is 44.3 Å². The molecule has 7 nitrogen and oxygen atoms in total. The fourth-order valence-electron chi connectivity index (χ4n) is 2.94. The molecule has 3 heterocycles. The summed E-state index contributed by atoms with van der Waals surface area (Å²) in [5, 5.41) is 15.7. The Labute approximate surface area is 118 Å². The lowest BCUT2D eigenvalue weighted by molar-refractivity contribution is 0.0209. The molecule has 3 rings (SSSR count). The third kappa shape index (κ3) is 2.59. The molecule has 0 spiro atoms. The van der Waals surface area contributed by atoms with Crippen LogP contribution in [0.1, 0.15) is 12.0 Å². The van der Waals surface area contributed by atoms with Gasteiger partial charge >= 0.3 is 0 Å². The highest BCUT2D eigenvalue weighted by Crippen LogP contribution is 2.24. The molecule has 0 radical (unpaired) electrons. The fraction of sp³-hybridized carbons (Fsp3) is 0.615. The van der Waals surface area contributed by atoms with Gasteiger partial charge in [0.25, 0.3) is 0 Å².